The van der Waals surface area contributed by atoms with Gasteiger partial charge in [0.15, 0.2) is 0 Å². The maximum Gasteiger partial charge on any atom is 0.255 e. The summed E-state index contributed by atoms with van der Waals surface area (Å²) in [6.45, 7) is 2.07. The third kappa shape index (κ3) is 4.01. The monoisotopic (exact) mass is 385 g/mol. The van der Waals surface area contributed by atoms with Crippen molar-refractivity contribution in [1.82, 2.24) is 15.3 Å². The van der Waals surface area contributed by atoms with Crippen LogP contribution >= 0.6 is 0 Å². The van der Waals surface area contributed by atoms with Gasteiger partial charge in [-0.15, -0.1) is 0 Å². The Balaban J connectivity index is 1.50. The fourth-order valence-corrected chi connectivity index (χ4v) is 3.20. The van der Waals surface area contributed by atoms with E-state index in [4.69, 9.17) is 0 Å². The number of H-pyrrole nitrogens is 2. The van der Waals surface area contributed by atoms with E-state index < -0.39 is 0 Å². The molecule has 6 heteroatoms. The molecule has 0 radical (unpaired) electrons. The molecule has 1 amide bonds. The molecule has 4 rings (SSSR count). The molecule has 0 aliphatic heterocycles. The van der Waals surface area contributed by atoms with Crippen molar-refractivity contribution < 1.29 is 4.79 Å². The van der Waals surface area contributed by atoms with Crippen molar-refractivity contribution in [2.75, 3.05) is 0 Å². The molecule has 0 saturated carbocycles. The van der Waals surface area contributed by atoms with Crippen molar-refractivity contribution in [3.8, 4) is 0 Å². The first-order valence-electron chi connectivity index (χ1n) is 9.20. The highest BCUT2D eigenvalue weighted by molar-refractivity contribution is 5.92. The van der Waals surface area contributed by atoms with Gasteiger partial charge in [0.2, 0.25) is 5.91 Å². The largest absolute Gasteiger partial charge is 0.348 e. The highest BCUT2D eigenvalue weighted by atomic mass is 16.1. The van der Waals surface area contributed by atoms with Crippen molar-refractivity contribution in [3.05, 3.63) is 98.1 Å². The average molecular weight is 385 g/mol. The lowest BCUT2D eigenvalue weighted by atomic mass is 10.1. The van der Waals surface area contributed by atoms with Gasteiger partial charge < -0.3 is 15.3 Å². The normalized spacial score (nSPS) is 11.3. The highest BCUT2D eigenvalue weighted by Crippen LogP contribution is 2.13. The number of hydrogen-bond acceptors (Lipinski definition) is 3. The van der Waals surface area contributed by atoms with Gasteiger partial charge in [-0.1, -0.05) is 29.8 Å². The van der Waals surface area contributed by atoms with Crippen molar-refractivity contribution in [2.24, 2.45) is 0 Å². The van der Waals surface area contributed by atoms with Gasteiger partial charge in [-0.25, -0.2) is 0 Å². The molecule has 0 bridgehead atoms. The summed E-state index contributed by atoms with van der Waals surface area (Å²) in [7, 11) is 0. The number of carbonyl (C=O) groups excluding carboxylic acids is 1. The van der Waals surface area contributed by atoms with Gasteiger partial charge >= 0.3 is 0 Å². The maximum absolute atomic E-state index is 12.2. The first kappa shape index (κ1) is 18.4. The zero-order valence-electron chi connectivity index (χ0n) is 15.8. The topological polar surface area (TPSA) is 94.8 Å². The van der Waals surface area contributed by atoms with Crippen LogP contribution in [0.4, 0.5) is 0 Å². The summed E-state index contributed by atoms with van der Waals surface area (Å²) in [5.41, 5.74) is 2.93. The van der Waals surface area contributed by atoms with E-state index in [1.54, 1.807) is 12.1 Å². The van der Waals surface area contributed by atoms with Gasteiger partial charge in [-0.3, -0.25) is 14.4 Å². The molecule has 0 spiro atoms. The second-order valence-corrected chi connectivity index (χ2v) is 6.91. The Kier molecular flexibility index (Phi) is 4.83. The molecule has 0 saturated heterocycles. The molecule has 0 aliphatic carbocycles. The van der Waals surface area contributed by atoms with Crippen molar-refractivity contribution in [2.45, 2.75) is 13.5 Å². The van der Waals surface area contributed by atoms with Crippen LogP contribution in [0.5, 0.6) is 0 Å². The van der Waals surface area contributed by atoms with Gasteiger partial charge in [-0.05, 0) is 54.1 Å². The first-order chi connectivity index (χ1) is 14.0. The third-order valence-corrected chi connectivity index (χ3v) is 4.73. The predicted octanol–water partition coefficient (Wildman–Crippen LogP) is 3.01. The molecule has 3 N–H and O–H groups in total. The Morgan fingerprint density at radius 1 is 0.931 bits per heavy atom. The molecule has 4 aromatic rings. The summed E-state index contributed by atoms with van der Waals surface area (Å²) in [4.78, 5) is 42.1. The first-order valence-corrected chi connectivity index (χ1v) is 9.20. The molecule has 144 valence electrons. The van der Waals surface area contributed by atoms with Crippen LogP contribution in [0.1, 0.15) is 16.7 Å². The summed E-state index contributed by atoms with van der Waals surface area (Å²) in [6.07, 6.45) is 2.76. The van der Waals surface area contributed by atoms with Gasteiger partial charge in [0.05, 0.1) is 0 Å². The van der Waals surface area contributed by atoms with E-state index in [0.29, 0.717) is 11.1 Å². The lowest BCUT2D eigenvalue weighted by Gasteiger charge is -2.05. The molecule has 0 atom stereocenters. The molecule has 2 aromatic heterocycles. The van der Waals surface area contributed by atoms with Crippen LogP contribution in [0, 0.1) is 6.92 Å². The minimum atomic E-state index is -0.388. The second kappa shape index (κ2) is 7.59. The molecule has 0 aliphatic rings. The van der Waals surface area contributed by atoms with Crippen LogP contribution in [-0.2, 0) is 11.3 Å². The second-order valence-electron chi connectivity index (χ2n) is 6.91. The number of fused-ring (bicyclic) bond motifs is 2. The quantitative estimate of drug-likeness (QED) is 0.471. The summed E-state index contributed by atoms with van der Waals surface area (Å²) in [5, 5.41) is 4.48. The van der Waals surface area contributed by atoms with Gasteiger partial charge in [-0.2, -0.15) is 0 Å². The van der Waals surface area contributed by atoms with E-state index in [9.17, 15) is 14.4 Å². The number of aromatic nitrogens is 2. The number of para-hydroxylation sites is 1. The predicted molar refractivity (Wildman–Crippen MR) is 115 cm³/mol. The fraction of sp³-hybridized carbons (Fsp3) is 0.0870. The maximum atomic E-state index is 12.2. The smallest absolute Gasteiger partial charge is 0.255 e. The standard InChI is InChI=1S/C23H19N3O3/c1-14-6-8-20-17(10-14)12-18(23(29)26-20)13-24-21(27)9-7-16-11-15-4-2-3-5-19(15)25-22(16)28/h2-12H,13H2,1H3,(H,24,27)(H,25,28)(H,26,29)/b9-7+. The van der Waals surface area contributed by atoms with E-state index in [1.165, 1.54) is 12.2 Å². The van der Waals surface area contributed by atoms with Crippen LogP contribution < -0.4 is 16.4 Å². The Morgan fingerprint density at radius 2 is 1.69 bits per heavy atom. The van der Waals surface area contributed by atoms with E-state index in [0.717, 1.165) is 27.4 Å². The Bertz CT molecular complexity index is 1380. The molecule has 2 heterocycles. The Morgan fingerprint density at radius 3 is 2.55 bits per heavy atom. The molecule has 0 fully saturated rings. The lowest BCUT2D eigenvalue weighted by molar-refractivity contribution is -0.116. The molecule has 0 unspecified atom stereocenters. The summed E-state index contributed by atoms with van der Waals surface area (Å²) >= 11 is 0. The molecular formula is C23H19N3O3. The number of aromatic amines is 2. The Labute approximate surface area is 165 Å². The van der Waals surface area contributed by atoms with Crippen LogP contribution in [0.25, 0.3) is 27.9 Å². The third-order valence-electron chi connectivity index (χ3n) is 4.73. The number of carbonyl (C=O) groups is 1. The van der Waals surface area contributed by atoms with Crippen molar-refractivity contribution >= 4 is 33.8 Å². The number of pyridine rings is 2. The van der Waals surface area contributed by atoms with Crippen molar-refractivity contribution in [1.29, 1.82) is 0 Å². The van der Waals surface area contributed by atoms with Crippen LogP contribution in [0.2, 0.25) is 0 Å². The van der Waals surface area contributed by atoms with Crippen molar-refractivity contribution in [3.63, 3.8) is 0 Å². The zero-order chi connectivity index (χ0) is 20.4. The van der Waals surface area contributed by atoms with Gasteiger partial charge in [0.1, 0.15) is 0 Å². The number of rotatable bonds is 4. The van der Waals surface area contributed by atoms with E-state index in [2.05, 4.69) is 15.3 Å². The zero-order valence-corrected chi connectivity index (χ0v) is 15.8. The number of benzene rings is 2. The number of aryl methyl sites for hydroxylation is 1. The minimum Gasteiger partial charge on any atom is -0.348 e. The minimum absolute atomic E-state index is 0.0937. The van der Waals surface area contributed by atoms with Crippen LogP contribution in [-0.4, -0.2) is 15.9 Å². The fourth-order valence-electron chi connectivity index (χ4n) is 3.20. The number of amides is 1. The van der Waals surface area contributed by atoms with E-state index >= 15 is 0 Å². The van der Waals surface area contributed by atoms with Crippen LogP contribution in [0.3, 0.4) is 0 Å². The SMILES string of the molecule is Cc1ccc2[nH]c(=O)c(CNC(=O)/C=C/c3cc4ccccc4[nH]c3=O)cc2c1. The summed E-state index contributed by atoms with van der Waals surface area (Å²) in [5.74, 6) is -0.388. The highest BCUT2D eigenvalue weighted by Gasteiger charge is 2.05. The Hall–Kier alpha value is -3.93. The number of nitrogens with one attached hydrogen (secondary N) is 3. The molecule has 29 heavy (non-hydrogen) atoms. The van der Waals surface area contributed by atoms with Gasteiger partial charge in [0, 0.05) is 34.8 Å². The van der Waals surface area contributed by atoms with Crippen LogP contribution in [0.15, 0.2) is 70.3 Å². The molecule has 6 nitrogen and oxygen atoms in total. The van der Waals surface area contributed by atoms with Gasteiger partial charge in [0.25, 0.3) is 11.1 Å². The number of hydrogen-bond donors (Lipinski definition) is 3. The van der Waals surface area contributed by atoms with E-state index in [-0.39, 0.29) is 23.6 Å². The summed E-state index contributed by atoms with van der Waals surface area (Å²) in [6, 6.07) is 16.7. The molecular weight excluding hydrogens is 366 g/mol. The lowest BCUT2D eigenvalue weighted by Crippen LogP contribution is -2.25. The molecule has 2 aromatic carbocycles. The van der Waals surface area contributed by atoms with E-state index in [1.807, 2.05) is 49.4 Å². The summed E-state index contributed by atoms with van der Waals surface area (Å²) < 4.78 is 0. The average Bonchev–Trinajstić information content (AvgIpc) is 2.71.